The molecule has 9 heteroatoms. The Morgan fingerprint density at radius 2 is 1.56 bits per heavy atom. The summed E-state index contributed by atoms with van der Waals surface area (Å²) in [7, 11) is -2.65. The summed E-state index contributed by atoms with van der Waals surface area (Å²) in [4.78, 5) is 22.9. The van der Waals surface area contributed by atoms with Crippen LogP contribution in [0, 0.1) is 0 Å². The van der Waals surface area contributed by atoms with Crippen molar-refractivity contribution < 1.29 is 37.4 Å². The van der Waals surface area contributed by atoms with E-state index in [1.54, 1.807) is 18.2 Å². The van der Waals surface area contributed by atoms with Gasteiger partial charge < -0.3 is 32.7 Å². The fourth-order valence-electron chi connectivity index (χ4n) is 3.11. The maximum Gasteiger partial charge on any atom is 0.500 e. The summed E-state index contributed by atoms with van der Waals surface area (Å²) in [6, 6.07) is 5.56. The lowest BCUT2D eigenvalue weighted by Gasteiger charge is -2.28. The first-order valence-electron chi connectivity index (χ1n) is 11.2. The molecule has 0 bridgehead atoms. The van der Waals surface area contributed by atoms with E-state index in [-0.39, 0.29) is 12.4 Å². The van der Waals surface area contributed by atoms with Crippen LogP contribution in [0.25, 0.3) is 6.08 Å². The molecule has 0 heterocycles. The lowest BCUT2D eigenvalue weighted by molar-refractivity contribution is -0.297. The van der Waals surface area contributed by atoms with E-state index in [0.717, 1.165) is 18.9 Å². The summed E-state index contributed by atoms with van der Waals surface area (Å²) in [5.74, 6) is -0.964. The molecule has 0 aromatic heterocycles. The van der Waals surface area contributed by atoms with E-state index in [2.05, 4.69) is 0 Å². The van der Waals surface area contributed by atoms with Crippen molar-refractivity contribution in [3.63, 3.8) is 0 Å². The number of unbranched alkanes of at least 4 members (excludes halogenated alkanes) is 2. The number of carboxylic acid groups (broad SMARTS) is 1. The van der Waals surface area contributed by atoms with E-state index in [1.165, 1.54) is 6.08 Å². The number of rotatable bonds is 17. The highest BCUT2D eigenvalue weighted by Gasteiger charge is 2.39. The normalized spacial score (nSPS) is 11.6. The first kappa shape index (κ1) is 27.8. The lowest BCUT2D eigenvalue weighted by Crippen LogP contribution is -2.45. The monoisotopic (exact) mass is 467 g/mol. The molecule has 32 heavy (non-hydrogen) atoms. The van der Waals surface area contributed by atoms with Crippen molar-refractivity contribution in [3.05, 3.63) is 29.8 Å². The highest BCUT2D eigenvalue weighted by Crippen LogP contribution is 2.29. The Kier molecular flexibility index (Phi) is 13.5. The van der Waals surface area contributed by atoms with Crippen molar-refractivity contribution in [2.75, 3.05) is 26.4 Å². The molecule has 0 atom stereocenters. The first-order chi connectivity index (χ1) is 15.4. The molecule has 1 rings (SSSR count). The van der Waals surface area contributed by atoms with Gasteiger partial charge in [0.15, 0.2) is 11.5 Å². The van der Waals surface area contributed by atoms with Gasteiger partial charge in [0.25, 0.3) is 0 Å². The van der Waals surface area contributed by atoms with Crippen molar-refractivity contribution in [2.24, 2.45) is 0 Å². The molecule has 180 valence electrons. The molecule has 0 aliphatic rings. The third-order valence-electron chi connectivity index (χ3n) is 4.36. The summed E-state index contributed by atoms with van der Waals surface area (Å²) >= 11 is 0. The molecule has 8 nitrogen and oxygen atoms in total. The molecule has 1 aromatic carbocycles. The van der Waals surface area contributed by atoms with Crippen LogP contribution in [-0.2, 0) is 22.9 Å². The van der Waals surface area contributed by atoms with Gasteiger partial charge in [0, 0.05) is 32.3 Å². The number of aliphatic carboxylic acids is 1. The minimum Gasteiger partial charge on any atom is -0.545 e. The zero-order valence-corrected chi connectivity index (χ0v) is 20.5. The van der Waals surface area contributed by atoms with E-state index in [4.69, 9.17) is 22.8 Å². The zero-order valence-electron chi connectivity index (χ0n) is 19.5. The van der Waals surface area contributed by atoms with E-state index < -0.39 is 14.8 Å². The van der Waals surface area contributed by atoms with Crippen LogP contribution >= 0.6 is 0 Å². The third-order valence-corrected chi connectivity index (χ3v) is 7.51. The van der Waals surface area contributed by atoms with Gasteiger partial charge in [0.05, 0.1) is 12.6 Å². The van der Waals surface area contributed by atoms with Gasteiger partial charge in [-0.15, -0.1) is 0 Å². The minimum atomic E-state index is -2.65. The summed E-state index contributed by atoms with van der Waals surface area (Å²) in [6.45, 7) is 9.61. The van der Waals surface area contributed by atoms with Crippen LogP contribution in [0.3, 0.4) is 0 Å². The SMILES string of the molecule is CCOc1cc(/C=C/C(=O)[O-])ccc1OC(=O)CCCCC[Si](OCC)(OCC)OCC. The van der Waals surface area contributed by atoms with Gasteiger partial charge in [0.1, 0.15) is 0 Å². The minimum absolute atomic E-state index is 0.268. The molecule has 0 saturated carbocycles. The molecule has 0 amide bonds. The Morgan fingerprint density at radius 1 is 0.906 bits per heavy atom. The van der Waals surface area contributed by atoms with Gasteiger partial charge in [-0.25, -0.2) is 0 Å². The van der Waals surface area contributed by atoms with Crippen LogP contribution in [0.15, 0.2) is 24.3 Å². The highest BCUT2D eigenvalue weighted by molar-refractivity contribution is 6.60. The number of carbonyl (C=O) groups is 2. The molecule has 0 unspecified atom stereocenters. The largest absolute Gasteiger partial charge is 0.545 e. The number of esters is 1. The summed E-state index contributed by atoms with van der Waals surface area (Å²) in [5.41, 5.74) is 0.600. The second-order valence-corrected chi connectivity index (χ2v) is 9.54. The average Bonchev–Trinajstić information content (AvgIpc) is 2.74. The lowest BCUT2D eigenvalue weighted by atomic mass is 10.2. The number of hydrogen-bond acceptors (Lipinski definition) is 8. The standard InChI is InChI=1S/C23H36O8Si/c1-5-27-21-18-19(14-16-22(24)25)13-15-20(21)31-23(26)12-10-9-11-17-32(28-6-2,29-7-3)30-8-4/h13-16,18H,5-12,17H2,1-4H3,(H,24,25)/p-1/b16-14+. The average molecular weight is 468 g/mol. The smallest absolute Gasteiger partial charge is 0.500 e. The van der Waals surface area contributed by atoms with E-state index in [9.17, 15) is 14.7 Å². The van der Waals surface area contributed by atoms with Crippen LogP contribution in [0.5, 0.6) is 11.5 Å². The Hall–Kier alpha value is -2.20. The molecular formula is C23H35O8Si-. The maximum absolute atomic E-state index is 12.3. The maximum atomic E-state index is 12.3. The quantitative estimate of drug-likeness (QED) is 0.113. The zero-order chi connectivity index (χ0) is 23.8. The number of hydrogen-bond donors (Lipinski definition) is 0. The van der Waals surface area contributed by atoms with Crippen molar-refractivity contribution in [1.29, 1.82) is 0 Å². The summed E-state index contributed by atoms with van der Waals surface area (Å²) in [5, 5.41) is 10.6. The second kappa shape index (κ2) is 15.6. The number of ether oxygens (including phenoxy) is 2. The van der Waals surface area contributed by atoms with Crippen molar-refractivity contribution in [2.45, 2.75) is 59.4 Å². The molecule has 0 saturated heterocycles. The van der Waals surface area contributed by atoms with Gasteiger partial charge in [0.2, 0.25) is 0 Å². The summed E-state index contributed by atoms with van der Waals surface area (Å²) in [6.07, 6.45) is 4.91. The molecular weight excluding hydrogens is 432 g/mol. The van der Waals surface area contributed by atoms with Crippen molar-refractivity contribution in [3.8, 4) is 11.5 Å². The van der Waals surface area contributed by atoms with Gasteiger partial charge in [-0.1, -0.05) is 18.6 Å². The molecule has 0 aliphatic carbocycles. The van der Waals surface area contributed by atoms with E-state index in [0.29, 0.717) is 56.0 Å². The third kappa shape index (κ3) is 10.4. The second-order valence-electron chi connectivity index (χ2n) is 6.81. The molecule has 0 spiro atoms. The Bertz CT molecular complexity index is 718. The van der Waals surface area contributed by atoms with Crippen LogP contribution in [-0.4, -0.2) is 47.2 Å². The van der Waals surface area contributed by atoms with Crippen LogP contribution in [0.2, 0.25) is 6.04 Å². The Balaban J connectivity index is 2.57. The van der Waals surface area contributed by atoms with Crippen LogP contribution in [0.1, 0.15) is 58.9 Å². The van der Waals surface area contributed by atoms with E-state index in [1.807, 2.05) is 27.7 Å². The van der Waals surface area contributed by atoms with Gasteiger partial charge in [-0.3, -0.25) is 4.79 Å². The van der Waals surface area contributed by atoms with Gasteiger partial charge in [-0.2, -0.15) is 0 Å². The van der Waals surface area contributed by atoms with E-state index >= 15 is 0 Å². The Labute approximate surface area is 191 Å². The van der Waals surface area contributed by atoms with Gasteiger partial charge >= 0.3 is 14.8 Å². The van der Waals surface area contributed by atoms with Crippen molar-refractivity contribution in [1.82, 2.24) is 0 Å². The fourth-order valence-corrected chi connectivity index (χ4v) is 5.79. The Morgan fingerprint density at radius 3 is 2.12 bits per heavy atom. The number of carboxylic acids is 1. The van der Waals surface area contributed by atoms with Crippen LogP contribution < -0.4 is 14.6 Å². The molecule has 0 N–H and O–H groups in total. The topological polar surface area (TPSA) is 103 Å². The molecule has 0 aliphatic heterocycles. The number of benzene rings is 1. The molecule has 0 fully saturated rings. The molecule has 1 aromatic rings. The predicted molar refractivity (Wildman–Crippen MR) is 121 cm³/mol. The first-order valence-corrected chi connectivity index (χ1v) is 13.1. The molecule has 0 radical (unpaired) electrons. The van der Waals surface area contributed by atoms with Crippen molar-refractivity contribution >= 4 is 26.8 Å². The van der Waals surface area contributed by atoms with Gasteiger partial charge in [-0.05, 0) is 64.3 Å². The predicted octanol–water partition coefficient (Wildman–Crippen LogP) is 3.36. The van der Waals surface area contributed by atoms with Crippen LogP contribution in [0.4, 0.5) is 0 Å². The highest BCUT2D eigenvalue weighted by atomic mass is 28.4. The fraction of sp³-hybridized carbons (Fsp3) is 0.565. The number of carbonyl (C=O) groups excluding carboxylic acids is 2. The summed E-state index contributed by atoms with van der Waals surface area (Å²) < 4.78 is 28.5.